The topological polar surface area (TPSA) is 51.8 Å². The Morgan fingerprint density at radius 3 is 2.29 bits per heavy atom. The summed E-state index contributed by atoms with van der Waals surface area (Å²) in [6.45, 7) is 2.20. The highest BCUT2D eigenvalue weighted by molar-refractivity contribution is 5.48. The predicted molar refractivity (Wildman–Crippen MR) is 78.8 cm³/mol. The SMILES string of the molecule is COc1cccc(OC)c1C(O)c1ccc(C2CC2C)o1. The van der Waals surface area contributed by atoms with Crippen LogP contribution in [0.4, 0.5) is 0 Å². The molecule has 0 amide bonds. The largest absolute Gasteiger partial charge is 0.496 e. The van der Waals surface area contributed by atoms with E-state index in [-0.39, 0.29) is 0 Å². The summed E-state index contributed by atoms with van der Waals surface area (Å²) in [5, 5.41) is 10.6. The molecular weight excluding hydrogens is 268 g/mol. The van der Waals surface area contributed by atoms with Crippen molar-refractivity contribution in [1.29, 1.82) is 0 Å². The van der Waals surface area contributed by atoms with Gasteiger partial charge in [0.1, 0.15) is 29.1 Å². The quantitative estimate of drug-likeness (QED) is 0.915. The zero-order valence-electron chi connectivity index (χ0n) is 12.5. The Balaban J connectivity index is 1.94. The van der Waals surface area contributed by atoms with Gasteiger partial charge in [-0.25, -0.2) is 0 Å². The Labute approximate surface area is 124 Å². The van der Waals surface area contributed by atoms with E-state index in [9.17, 15) is 5.11 Å². The Kier molecular flexibility index (Phi) is 3.64. The summed E-state index contributed by atoms with van der Waals surface area (Å²) in [5.41, 5.74) is 0.590. The molecule has 3 unspecified atom stereocenters. The third kappa shape index (κ3) is 2.51. The zero-order chi connectivity index (χ0) is 15.0. The van der Waals surface area contributed by atoms with E-state index in [1.165, 1.54) is 0 Å². The predicted octanol–water partition coefficient (Wildman–Crippen LogP) is 3.50. The molecule has 112 valence electrons. The molecule has 1 fully saturated rings. The lowest BCUT2D eigenvalue weighted by Gasteiger charge is -2.16. The van der Waals surface area contributed by atoms with Gasteiger partial charge in [0.05, 0.1) is 19.8 Å². The first kappa shape index (κ1) is 14.0. The van der Waals surface area contributed by atoms with E-state index in [0.717, 1.165) is 12.2 Å². The normalized spacial score (nSPS) is 21.9. The van der Waals surface area contributed by atoms with Gasteiger partial charge >= 0.3 is 0 Å². The van der Waals surface area contributed by atoms with Gasteiger partial charge in [0.2, 0.25) is 0 Å². The molecule has 0 radical (unpaired) electrons. The van der Waals surface area contributed by atoms with Gasteiger partial charge in [-0.3, -0.25) is 0 Å². The summed E-state index contributed by atoms with van der Waals surface area (Å²) in [7, 11) is 3.15. The standard InChI is InChI=1S/C17H20O4/c1-10-9-11(10)12-7-8-15(21-12)17(18)16-13(19-2)5-4-6-14(16)20-3/h4-8,10-11,17-18H,9H2,1-3H3. The summed E-state index contributed by atoms with van der Waals surface area (Å²) >= 11 is 0. The van der Waals surface area contributed by atoms with Crippen LogP contribution in [-0.2, 0) is 0 Å². The summed E-state index contributed by atoms with van der Waals surface area (Å²) in [6, 6.07) is 9.21. The number of aliphatic hydroxyl groups is 1. The van der Waals surface area contributed by atoms with Crippen LogP contribution in [0.25, 0.3) is 0 Å². The molecule has 0 aliphatic heterocycles. The van der Waals surface area contributed by atoms with E-state index < -0.39 is 6.10 Å². The summed E-state index contributed by atoms with van der Waals surface area (Å²) in [5.74, 6) is 3.80. The molecule has 1 heterocycles. The van der Waals surface area contributed by atoms with Crippen LogP contribution in [0.3, 0.4) is 0 Å². The number of methoxy groups -OCH3 is 2. The average molecular weight is 288 g/mol. The van der Waals surface area contributed by atoms with E-state index in [4.69, 9.17) is 13.9 Å². The molecule has 21 heavy (non-hydrogen) atoms. The minimum absolute atomic E-state index is 0.491. The Morgan fingerprint density at radius 2 is 1.76 bits per heavy atom. The fraction of sp³-hybridized carbons (Fsp3) is 0.412. The van der Waals surface area contributed by atoms with Gasteiger partial charge in [0.15, 0.2) is 0 Å². The van der Waals surface area contributed by atoms with Gasteiger partial charge in [-0.1, -0.05) is 13.0 Å². The Hall–Kier alpha value is -1.94. The number of rotatable bonds is 5. The molecule has 3 atom stereocenters. The van der Waals surface area contributed by atoms with Crippen molar-refractivity contribution in [3.8, 4) is 11.5 Å². The third-order valence-corrected chi connectivity index (χ3v) is 4.13. The van der Waals surface area contributed by atoms with Crippen LogP contribution in [0, 0.1) is 5.92 Å². The maximum Gasteiger partial charge on any atom is 0.144 e. The fourth-order valence-corrected chi connectivity index (χ4v) is 2.72. The van der Waals surface area contributed by atoms with Crippen molar-refractivity contribution in [2.75, 3.05) is 14.2 Å². The molecule has 1 aliphatic rings. The second kappa shape index (κ2) is 5.45. The lowest BCUT2D eigenvalue weighted by Crippen LogP contribution is -2.04. The zero-order valence-corrected chi connectivity index (χ0v) is 12.5. The van der Waals surface area contributed by atoms with Gasteiger partial charge in [-0.15, -0.1) is 0 Å². The lowest BCUT2D eigenvalue weighted by molar-refractivity contribution is 0.178. The fourth-order valence-electron chi connectivity index (χ4n) is 2.72. The smallest absolute Gasteiger partial charge is 0.144 e. The van der Waals surface area contributed by atoms with Gasteiger partial charge in [0.25, 0.3) is 0 Å². The molecule has 1 aliphatic carbocycles. The second-order valence-electron chi connectivity index (χ2n) is 5.54. The van der Waals surface area contributed by atoms with Crippen LogP contribution in [0.2, 0.25) is 0 Å². The molecule has 3 rings (SSSR count). The maximum atomic E-state index is 10.6. The van der Waals surface area contributed by atoms with Crippen molar-refractivity contribution in [3.05, 3.63) is 47.4 Å². The van der Waals surface area contributed by atoms with E-state index in [2.05, 4.69) is 6.92 Å². The number of hydrogen-bond donors (Lipinski definition) is 1. The molecule has 1 N–H and O–H groups in total. The van der Waals surface area contributed by atoms with Crippen molar-refractivity contribution < 1.29 is 19.0 Å². The van der Waals surface area contributed by atoms with Crippen molar-refractivity contribution in [1.82, 2.24) is 0 Å². The number of ether oxygens (including phenoxy) is 2. The lowest BCUT2D eigenvalue weighted by atomic mass is 10.0. The summed E-state index contributed by atoms with van der Waals surface area (Å²) < 4.78 is 16.5. The summed E-state index contributed by atoms with van der Waals surface area (Å²) in [6.07, 6.45) is 0.250. The van der Waals surface area contributed by atoms with Crippen LogP contribution in [-0.4, -0.2) is 19.3 Å². The number of aliphatic hydroxyl groups excluding tert-OH is 1. The second-order valence-corrected chi connectivity index (χ2v) is 5.54. The number of benzene rings is 1. The molecule has 0 saturated heterocycles. The number of hydrogen-bond acceptors (Lipinski definition) is 4. The highest BCUT2D eigenvalue weighted by Gasteiger charge is 2.37. The third-order valence-electron chi connectivity index (χ3n) is 4.13. The van der Waals surface area contributed by atoms with Crippen LogP contribution < -0.4 is 9.47 Å². The first-order valence-electron chi connectivity index (χ1n) is 7.14. The molecule has 0 bridgehead atoms. The molecule has 1 saturated carbocycles. The molecular formula is C17H20O4. The first-order valence-corrected chi connectivity index (χ1v) is 7.14. The van der Waals surface area contributed by atoms with Crippen molar-refractivity contribution in [2.45, 2.75) is 25.4 Å². The Morgan fingerprint density at radius 1 is 1.14 bits per heavy atom. The van der Waals surface area contributed by atoms with Crippen LogP contribution in [0.5, 0.6) is 11.5 Å². The number of furan rings is 1. The maximum absolute atomic E-state index is 10.6. The van der Waals surface area contributed by atoms with Crippen LogP contribution in [0.15, 0.2) is 34.7 Å². The van der Waals surface area contributed by atoms with Crippen molar-refractivity contribution >= 4 is 0 Å². The van der Waals surface area contributed by atoms with Crippen LogP contribution >= 0.6 is 0 Å². The highest BCUT2D eigenvalue weighted by Crippen LogP contribution is 2.48. The first-order chi connectivity index (χ1) is 10.2. The van der Waals surface area contributed by atoms with Crippen LogP contribution in [0.1, 0.15) is 42.5 Å². The van der Waals surface area contributed by atoms with Gasteiger partial charge in [-0.2, -0.15) is 0 Å². The van der Waals surface area contributed by atoms with Gasteiger partial charge in [0, 0.05) is 5.92 Å². The highest BCUT2D eigenvalue weighted by atomic mass is 16.5. The molecule has 1 aromatic heterocycles. The Bertz CT molecular complexity index is 609. The van der Waals surface area contributed by atoms with Gasteiger partial charge < -0.3 is 19.0 Å². The minimum atomic E-state index is -0.904. The molecule has 4 heteroatoms. The minimum Gasteiger partial charge on any atom is -0.496 e. The molecule has 1 aromatic carbocycles. The molecule has 0 spiro atoms. The van der Waals surface area contributed by atoms with Crippen molar-refractivity contribution in [2.24, 2.45) is 5.92 Å². The van der Waals surface area contributed by atoms with E-state index >= 15 is 0 Å². The van der Waals surface area contributed by atoms with Gasteiger partial charge in [-0.05, 0) is 36.6 Å². The monoisotopic (exact) mass is 288 g/mol. The summed E-state index contributed by atoms with van der Waals surface area (Å²) in [4.78, 5) is 0. The van der Waals surface area contributed by atoms with E-state index in [0.29, 0.717) is 34.7 Å². The van der Waals surface area contributed by atoms with E-state index in [1.54, 1.807) is 26.4 Å². The molecule has 4 nitrogen and oxygen atoms in total. The molecule has 2 aromatic rings. The average Bonchev–Trinajstić information content (AvgIpc) is 3.04. The van der Waals surface area contributed by atoms with E-state index in [1.807, 2.05) is 18.2 Å². The van der Waals surface area contributed by atoms with Crippen molar-refractivity contribution in [3.63, 3.8) is 0 Å².